The summed E-state index contributed by atoms with van der Waals surface area (Å²) in [7, 11) is -0.817. The summed E-state index contributed by atoms with van der Waals surface area (Å²) in [5.74, 6) is -0.372. The zero-order valence-corrected chi connectivity index (χ0v) is 16.3. The van der Waals surface area contributed by atoms with Crippen LogP contribution >= 0.6 is 0 Å². The highest BCUT2D eigenvalue weighted by molar-refractivity contribution is 7.89. The monoisotopic (exact) mass is 407 g/mol. The van der Waals surface area contributed by atoms with Gasteiger partial charge in [-0.3, -0.25) is 9.59 Å². The van der Waals surface area contributed by atoms with Gasteiger partial charge in [0.05, 0.1) is 31.1 Å². The molecule has 2 aromatic carbocycles. The topological polar surface area (TPSA) is 108 Å². The van der Waals surface area contributed by atoms with E-state index in [2.05, 4.69) is 4.72 Å². The van der Waals surface area contributed by atoms with Crippen LogP contribution in [0.5, 0.6) is 11.5 Å². The zero-order chi connectivity index (χ0) is 20.6. The summed E-state index contributed by atoms with van der Waals surface area (Å²) in [6, 6.07) is 12.5. The Labute approximate surface area is 163 Å². The highest BCUT2D eigenvalue weighted by Gasteiger charge is 2.17. The Balaban J connectivity index is 1.85. The van der Waals surface area contributed by atoms with Crippen molar-refractivity contribution in [1.82, 2.24) is 4.72 Å². The smallest absolute Gasteiger partial charge is 0.307 e. The first-order valence-electron chi connectivity index (χ1n) is 8.33. The molecule has 0 unspecified atom stereocenters. The van der Waals surface area contributed by atoms with Crippen LogP contribution < -0.4 is 14.2 Å². The summed E-state index contributed by atoms with van der Waals surface area (Å²) in [6.45, 7) is -0.638. The molecule has 9 heteroatoms. The van der Waals surface area contributed by atoms with Crippen LogP contribution in [0.2, 0.25) is 0 Å². The number of hydrogen-bond acceptors (Lipinski definition) is 7. The fraction of sp³-hybridized carbons (Fsp3) is 0.263. The van der Waals surface area contributed by atoms with Crippen molar-refractivity contribution in [2.75, 3.05) is 27.4 Å². The van der Waals surface area contributed by atoms with Gasteiger partial charge in [-0.25, -0.2) is 13.1 Å². The van der Waals surface area contributed by atoms with Crippen molar-refractivity contribution in [2.45, 2.75) is 11.3 Å². The molecule has 0 spiro atoms. The van der Waals surface area contributed by atoms with E-state index >= 15 is 0 Å². The molecule has 150 valence electrons. The van der Waals surface area contributed by atoms with E-state index in [1.807, 2.05) is 0 Å². The van der Waals surface area contributed by atoms with Crippen molar-refractivity contribution in [3.8, 4) is 11.5 Å². The van der Waals surface area contributed by atoms with Crippen molar-refractivity contribution >= 4 is 21.8 Å². The van der Waals surface area contributed by atoms with Gasteiger partial charge in [0.2, 0.25) is 15.8 Å². The zero-order valence-electron chi connectivity index (χ0n) is 15.5. The minimum Gasteiger partial charge on any atom is -0.497 e. The van der Waals surface area contributed by atoms with E-state index in [1.165, 1.54) is 32.4 Å². The van der Waals surface area contributed by atoms with Gasteiger partial charge in [-0.1, -0.05) is 18.2 Å². The molecule has 8 nitrogen and oxygen atoms in total. The molecule has 0 fully saturated rings. The molecule has 0 heterocycles. The van der Waals surface area contributed by atoms with Crippen LogP contribution in [0.15, 0.2) is 53.4 Å². The largest absolute Gasteiger partial charge is 0.497 e. The van der Waals surface area contributed by atoms with E-state index in [0.29, 0.717) is 11.5 Å². The van der Waals surface area contributed by atoms with Gasteiger partial charge in [-0.05, 0) is 30.3 Å². The summed E-state index contributed by atoms with van der Waals surface area (Å²) < 4.78 is 41.5. The highest BCUT2D eigenvalue weighted by atomic mass is 32.2. The molecule has 0 atom stereocenters. The first-order valence-corrected chi connectivity index (χ1v) is 9.81. The first kappa shape index (κ1) is 21.4. The molecular formula is C19H21NO7S. The molecule has 0 saturated heterocycles. The van der Waals surface area contributed by atoms with E-state index < -0.39 is 28.4 Å². The number of esters is 1. The van der Waals surface area contributed by atoms with Crippen LogP contribution in [0.1, 0.15) is 16.8 Å². The van der Waals surface area contributed by atoms with Gasteiger partial charge < -0.3 is 14.2 Å². The lowest BCUT2D eigenvalue weighted by atomic mass is 10.1. The van der Waals surface area contributed by atoms with Crippen molar-refractivity contribution in [1.29, 1.82) is 0 Å². The van der Waals surface area contributed by atoms with Crippen molar-refractivity contribution < 1.29 is 32.2 Å². The molecule has 0 saturated carbocycles. The Morgan fingerprint density at radius 3 is 2.36 bits per heavy atom. The number of methoxy groups -OCH3 is 2. The molecule has 2 rings (SSSR count). The van der Waals surface area contributed by atoms with Crippen molar-refractivity contribution in [3.05, 3.63) is 54.1 Å². The van der Waals surface area contributed by atoms with E-state index in [4.69, 9.17) is 14.2 Å². The van der Waals surface area contributed by atoms with Crippen LogP contribution in [-0.4, -0.2) is 47.5 Å². The molecule has 28 heavy (non-hydrogen) atoms. The second kappa shape index (κ2) is 9.86. The molecule has 0 bridgehead atoms. The maximum atomic E-state index is 12.3. The number of Topliss-reactive ketones (excluding diaryl/α,β-unsaturated/α-hetero) is 1. The molecule has 1 N–H and O–H groups in total. The average Bonchev–Trinajstić information content (AvgIpc) is 2.72. The van der Waals surface area contributed by atoms with Crippen LogP contribution in [0.3, 0.4) is 0 Å². The molecule has 0 radical (unpaired) electrons. The van der Waals surface area contributed by atoms with Gasteiger partial charge in [0, 0.05) is 6.54 Å². The Bertz CT molecular complexity index is 927. The molecule has 0 aliphatic carbocycles. The molecular weight excluding hydrogens is 386 g/mol. The third kappa shape index (κ3) is 5.80. The van der Waals surface area contributed by atoms with E-state index in [-0.39, 0.29) is 23.4 Å². The lowest BCUT2D eigenvalue weighted by molar-refractivity contribution is -0.142. The van der Waals surface area contributed by atoms with Crippen LogP contribution in [-0.2, 0) is 19.6 Å². The van der Waals surface area contributed by atoms with E-state index in [0.717, 1.165) is 0 Å². The Morgan fingerprint density at radius 1 is 1.00 bits per heavy atom. The fourth-order valence-corrected chi connectivity index (χ4v) is 3.35. The van der Waals surface area contributed by atoms with Crippen molar-refractivity contribution in [2.24, 2.45) is 0 Å². The van der Waals surface area contributed by atoms with Crippen LogP contribution in [0.4, 0.5) is 0 Å². The van der Waals surface area contributed by atoms with Gasteiger partial charge in [0.1, 0.15) is 11.5 Å². The number of ether oxygens (including phenoxy) is 3. The second-order valence-electron chi connectivity index (χ2n) is 5.61. The summed E-state index contributed by atoms with van der Waals surface area (Å²) in [5, 5.41) is 0. The molecule has 0 aromatic heterocycles. The Kier molecular flexibility index (Phi) is 7.53. The van der Waals surface area contributed by atoms with Crippen molar-refractivity contribution in [3.63, 3.8) is 0 Å². The SMILES string of the molecule is COc1ccc(OC)c(C(=O)COC(=O)CCNS(=O)(=O)c2ccccc2)c1. The number of carbonyl (C=O) groups excluding carboxylic acids is 2. The lowest BCUT2D eigenvalue weighted by Gasteiger charge is -2.10. The number of sulfonamides is 1. The third-order valence-electron chi connectivity index (χ3n) is 3.75. The first-order chi connectivity index (χ1) is 13.4. The number of rotatable bonds is 10. The van der Waals surface area contributed by atoms with Crippen LogP contribution in [0, 0.1) is 0 Å². The maximum Gasteiger partial charge on any atom is 0.307 e. The molecule has 2 aromatic rings. The quantitative estimate of drug-likeness (QED) is 0.473. The van der Waals surface area contributed by atoms with E-state index in [9.17, 15) is 18.0 Å². The number of nitrogens with one attached hydrogen (secondary N) is 1. The normalized spacial score (nSPS) is 10.9. The van der Waals surface area contributed by atoms with Gasteiger partial charge in [0.25, 0.3) is 0 Å². The van der Waals surface area contributed by atoms with Crippen LogP contribution in [0.25, 0.3) is 0 Å². The number of hydrogen-bond donors (Lipinski definition) is 1. The molecule has 0 aliphatic rings. The number of benzene rings is 2. The van der Waals surface area contributed by atoms with Gasteiger partial charge in [0.15, 0.2) is 6.61 Å². The van der Waals surface area contributed by atoms with Gasteiger partial charge >= 0.3 is 5.97 Å². The average molecular weight is 407 g/mol. The Morgan fingerprint density at radius 2 is 1.71 bits per heavy atom. The molecule has 0 aliphatic heterocycles. The highest BCUT2D eigenvalue weighted by Crippen LogP contribution is 2.24. The number of carbonyl (C=O) groups is 2. The summed E-state index contributed by atoms with van der Waals surface area (Å²) in [4.78, 5) is 24.2. The lowest BCUT2D eigenvalue weighted by Crippen LogP contribution is -2.27. The standard InChI is InChI=1S/C19H21NO7S/c1-25-14-8-9-18(26-2)16(12-14)17(21)13-27-19(22)10-11-20-28(23,24)15-6-4-3-5-7-15/h3-9,12,20H,10-11,13H2,1-2H3. The summed E-state index contributed by atoms with van der Waals surface area (Å²) in [6.07, 6.45) is -0.214. The fourth-order valence-electron chi connectivity index (χ4n) is 2.30. The van der Waals surface area contributed by atoms with Gasteiger partial charge in [-0.2, -0.15) is 0 Å². The summed E-state index contributed by atoms with van der Waals surface area (Å²) >= 11 is 0. The second-order valence-corrected chi connectivity index (χ2v) is 7.38. The number of ketones is 1. The minimum atomic E-state index is -3.70. The predicted molar refractivity (Wildman–Crippen MR) is 101 cm³/mol. The van der Waals surface area contributed by atoms with E-state index in [1.54, 1.807) is 30.3 Å². The predicted octanol–water partition coefficient (Wildman–Crippen LogP) is 1.80. The van der Waals surface area contributed by atoms with Gasteiger partial charge in [-0.15, -0.1) is 0 Å². The summed E-state index contributed by atoms with van der Waals surface area (Å²) in [5.41, 5.74) is 0.222. The maximum absolute atomic E-state index is 12.3. The molecule has 0 amide bonds. The Hall–Kier alpha value is -2.91. The minimum absolute atomic E-state index is 0.101. The third-order valence-corrected chi connectivity index (χ3v) is 5.22.